The van der Waals surface area contributed by atoms with E-state index < -0.39 is 24.3 Å². The number of carboxylic acid groups (broad SMARTS) is 2. The zero-order valence-electron chi connectivity index (χ0n) is 23.5. The fourth-order valence-corrected chi connectivity index (χ4v) is 4.56. The van der Waals surface area contributed by atoms with Gasteiger partial charge in [-0.2, -0.15) is 31.6 Å². The minimum atomic E-state index is -5.08. The minimum absolute atomic E-state index is 0.0939. The SMILES string of the molecule is CN(c1cc(NC(=O)c2cccs2)ccn1)C1CCN(Cc2cccc(C#N)c2)CC1.O=C(O)C(F)(F)F.O=C(O)C(F)(F)F. The number of hydrogen-bond acceptors (Lipinski definition) is 8. The van der Waals surface area contributed by atoms with Crippen LogP contribution in [0.15, 0.2) is 60.1 Å². The van der Waals surface area contributed by atoms with E-state index in [2.05, 4.69) is 39.3 Å². The maximum atomic E-state index is 12.3. The van der Waals surface area contributed by atoms with Crippen LogP contribution in [0.2, 0.25) is 0 Å². The van der Waals surface area contributed by atoms with Crippen LogP contribution in [-0.4, -0.2) is 76.5 Å². The van der Waals surface area contributed by atoms with Crippen molar-refractivity contribution in [2.45, 2.75) is 37.8 Å². The summed E-state index contributed by atoms with van der Waals surface area (Å²) < 4.78 is 63.5. The molecule has 3 N–H and O–H groups in total. The molecule has 2 aromatic heterocycles. The second-order valence-electron chi connectivity index (χ2n) is 9.37. The number of carbonyl (C=O) groups excluding carboxylic acids is 1. The molecule has 0 aliphatic carbocycles. The van der Waals surface area contributed by atoms with Crippen molar-refractivity contribution in [1.82, 2.24) is 9.88 Å². The monoisotopic (exact) mass is 659 g/mol. The molecule has 0 saturated carbocycles. The van der Waals surface area contributed by atoms with Crippen LogP contribution >= 0.6 is 11.3 Å². The second kappa shape index (κ2) is 16.4. The molecule has 4 rings (SSSR count). The summed E-state index contributed by atoms with van der Waals surface area (Å²) in [5.41, 5.74) is 2.65. The number of aliphatic carboxylic acids is 2. The number of carbonyl (C=O) groups is 3. The van der Waals surface area contributed by atoms with E-state index >= 15 is 0 Å². The molecule has 10 nitrogen and oxygen atoms in total. The highest BCUT2D eigenvalue weighted by molar-refractivity contribution is 7.12. The van der Waals surface area contributed by atoms with Gasteiger partial charge in [-0.1, -0.05) is 18.2 Å². The van der Waals surface area contributed by atoms with Crippen LogP contribution in [0.25, 0.3) is 0 Å². The van der Waals surface area contributed by atoms with E-state index in [1.165, 1.54) is 16.9 Å². The van der Waals surface area contributed by atoms with Gasteiger partial charge < -0.3 is 20.4 Å². The predicted octanol–water partition coefficient (Wildman–Crippen LogP) is 5.63. The first-order chi connectivity index (χ1) is 21.0. The van der Waals surface area contributed by atoms with E-state index in [0.29, 0.717) is 16.5 Å². The van der Waals surface area contributed by atoms with Crippen molar-refractivity contribution in [3.8, 4) is 6.07 Å². The number of nitrogens with zero attached hydrogens (tertiary/aromatic N) is 4. The number of likely N-dealkylation sites (tertiary alicyclic amines) is 1. The number of rotatable bonds is 6. The molecule has 1 saturated heterocycles. The third kappa shape index (κ3) is 12.4. The Labute approximate surface area is 257 Å². The van der Waals surface area contributed by atoms with Crippen LogP contribution in [0.1, 0.15) is 33.6 Å². The quantitative estimate of drug-likeness (QED) is 0.286. The molecule has 1 aromatic carbocycles. The van der Waals surface area contributed by atoms with Crippen molar-refractivity contribution in [2.24, 2.45) is 0 Å². The number of alkyl halides is 6. The highest BCUT2D eigenvalue weighted by Crippen LogP contribution is 2.24. The summed E-state index contributed by atoms with van der Waals surface area (Å²) in [6.07, 6.45) is -6.34. The average molecular weight is 660 g/mol. The molecule has 1 aliphatic rings. The number of pyridine rings is 1. The van der Waals surface area contributed by atoms with Gasteiger partial charge in [0.15, 0.2) is 0 Å². The molecule has 0 bridgehead atoms. The van der Waals surface area contributed by atoms with Gasteiger partial charge in [-0.05, 0) is 48.1 Å². The molecular formula is C28H27F6N5O5S. The van der Waals surface area contributed by atoms with E-state index in [0.717, 1.165) is 44.0 Å². The fraction of sp³-hybridized carbons (Fsp3) is 0.321. The standard InChI is InChI=1S/C24H25N5OS.2C2HF3O2/c1-28(23-15-20(7-10-26-23)27-24(30)22-6-3-13-31-22)21-8-11-29(12-9-21)17-19-5-2-4-18(14-19)16-25;2*3-2(4,5)1(6)7/h2-7,10,13-15,21H,8-9,11-12,17H2,1H3,(H,26,27,30);2*(H,6,7). The van der Waals surface area contributed by atoms with E-state index in [4.69, 9.17) is 25.1 Å². The number of nitriles is 1. The maximum Gasteiger partial charge on any atom is 0.490 e. The van der Waals surface area contributed by atoms with Crippen LogP contribution in [0.4, 0.5) is 37.8 Å². The Hall–Kier alpha value is -4.69. The maximum absolute atomic E-state index is 12.3. The molecule has 0 radical (unpaired) electrons. The summed E-state index contributed by atoms with van der Waals surface area (Å²) in [7, 11) is 2.07. The van der Waals surface area contributed by atoms with Crippen molar-refractivity contribution in [2.75, 3.05) is 30.4 Å². The van der Waals surface area contributed by atoms with E-state index in [-0.39, 0.29) is 5.91 Å². The zero-order valence-corrected chi connectivity index (χ0v) is 24.3. The molecule has 17 heteroatoms. The number of carboxylic acids is 2. The molecule has 0 atom stereocenters. The third-order valence-corrected chi connectivity index (χ3v) is 7.03. The fourth-order valence-electron chi connectivity index (χ4n) is 3.94. The van der Waals surface area contributed by atoms with Gasteiger partial charge in [0.1, 0.15) is 5.82 Å². The van der Waals surface area contributed by atoms with E-state index in [9.17, 15) is 31.1 Å². The Morgan fingerprint density at radius 1 is 1.02 bits per heavy atom. The lowest BCUT2D eigenvalue weighted by Crippen LogP contribution is -2.43. The number of anilines is 2. The first kappa shape index (κ1) is 36.5. The van der Waals surface area contributed by atoms with Gasteiger partial charge in [0, 0.05) is 50.7 Å². The zero-order chi connectivity index (χ0) is 33.8. The van der Waals surface area contributed by atoms with Gasteiger partial charge in [-0.15, -0.1) is 11.3 Å². The smallest absolute Gasteiger partial charge is 0.475 e. The van der Waals surface area contributed by atoms with Gasteiger partial charge in [-0.3, -0.25) is 9.69 Å². The Kier molecular flexibility index (Phi) is 13.3. The average Bonchev–Trinajstić information content (AvgIpc) is 3.53. The second-order valence-corrected chi connectivity index (χ2v) is 10.3. The van der Waals surface area contributed by atoms with Crippen molar-refractivity contribution >= 4 is 40.7 Å². The lowest BCUT2D eigenvalue weighted by molar-refractivity contribution is -0.193. The number of hydrogen-bond donors (Lipinski definition) is 3. The Balaban J connectivity index is 0.000000421. The topological polar surface area (TPSA) is 147 Å². The summed E-state index contributed by atoms with van der Waals surface area (Å²) >= 11 is 1.43. The minimum Gasteiger partial charge on any atom is -0.475 e. The molecule has 0 spiro atoms. The molecule has 3 aromatic rings. The van der Waals surface area contributed by atoms with Crippen molar-refractivity contribution in [1.29, 1.82) is 5.26 Å². The Morgan fingerprint density at radius 3 is 2.13 bits per heavy atom. The molecule has 1 fully saturated rings. The number of aromatic nitrogens is 1. The van der Waals surface area contributed by atoms with Crippen LogP contribution in [-0.2, 0) is 16.1 Å². The van der Waals surface area contributed by atoms with Crippen molar-refractivity contribution in [3.63, 3.8) is 0 Å². The van der Waals surface area contributed by atoms with Crippen LogP contribution < -0.4 is 10.2 Å². The highest BCUT2D eigenvalue weighted by atomic mass is 32.1. The molecule has 3 heterocycles. The van der Waals surface area contributed by atoms with Gasteiger partial charge in [0.2, 0.25) is 0 Å². The predicted molar refractivity (Wildman–Crippen MR) is 152 cm³/mol. The molecule has 242 valence electrons. The Morgan fingerprint density at radius 2 is 1.62 bits per heavy atom. The summed E-state index contributed by atoms with van der Waals surface area (Å²) in [5, 5.41) is 28.2. The number of benzene rings is 1. The highest BCUT2D eigenvalue weighted by Gasteiger charge is 2.38. The summed E-state index contributed by atoms with van der Waals surface area (Å²) in [4.78, 5) is 40.0. The molecule has 1 amide bonds. The van der Waals surface area contributed by atoms with Crippen LogP contribution in [0.3, 0.4) is 0 Å². The molecule has 45 heavy (non-hydrogen) atoms. The third-order valence-electron chi connectivity index (χ3n) is 6.16. The number of halogens is 6. The number of amides is 1. The van der Waals surface area contributed by atoms with E-state index in [1.807, 2.05) is 47.8 Å². The van der Waals surface area contributed by atoms with Gasteiger partial charge in [0.05, 0.1) is 16.5 Å². The van der Waals surface area contributed by atoms with Crippen molar-refractivity contribution < 1.29 is 50.9 Å². The summed E-state index contributed by atoms with van der Waals surface area (Å²) in [6.45, 7) is 2.87. The summed E-state index contributed by atoms with van der Waals surface area (Å²) in [6, 6.07) is 17.9. The Bertz CT molecular complexity index is 1450. The van der Waals surface area contributed by atoms with Gasteiger partial charge >= 0.3 is 24.3 Å². The van der Waals surface area contributed by atoms with Gasteiger partial charge in [0.25, 0.3) is 5.91 Å². The molecule has 0 unspecified atom stereocenters. The lowest BCUT2D eigenvalue weighted by atomic mass is 10.0. The molecular weight excluding hydrogens is 632 g/mol. The van der Waals surface area contributed by atoms with Crippen LogP contribution in [0, 0.1) is 11.3 Å². The van der Waals surface area contributed by atoms with Crippen molar-refractivity contribution in [3.05, 3.63) is 76.1 Å². The van der Waals surface area contributed by atoms with Gasteiger partial charge in [-0.25, -0.2) is 14.6 Å². The van der Waals surface area contributed by atoms with E-state index in [1.54, 1.807) is 6.20 Å². The normalized spacial score (nSPS) is 13.6. The lowest BCUT2D eigenvalue weighted by Gasteiger charge is -2.37. The first-order valence-electron chi connectivity index (χ1n) is 12.9. The number of thiophene rings is 1. The first-order valence-corrected chi connectivity index (χ1v) is 13.7. The number of nitrogens with one attached hydrogen (secondary N) is 1. The summed E-state index contributed by atoms with van der Waals surface area (Å²) in [5.74, 6) is -4.74. The number of piperidine rings is 1. The largest absolute Gasteiger partial charge is 0.490 e. The molecule has 1 aliphatic heterocycles. The van der Waals surface area contributed by atoms with Crippen LogP contribution in [0.5, 0.6) is 0 Å².